The molecule has 0 amide bonds. The Bertz CT molecular complexity index is 510. The first-order chi connectivity index (χ1) is 9.83. The van der Waals surface area contributed by atoms with Gasteiger partial charge in [-0.2, -0.15) is 0 Å². The van der Waals surface area contributed by atoms with E-state index in [2.05, 4.69) is 49.5 Å². The van der Waals surface area contributed by atoms with Gasteiger partial charge >= 0.3 is 0 Å². The molecule has 20 heavy (non-hydrogen) atoms. The van der Waals surface area contributed by atoms with Crippen molar-refractivity contribution in [1.82, 2.24) is 5.32 Å². The van der Waals surface area contributed by atoms with Crippen molar-refractivity contribution in [1.29, 1.82) is 0 Å². The van der Waals surface area contributed by atoms with Crippen LogP contribution in [0.4, 0.5) is 0 Å². The number of hydrogen-bond donors (Lipinski definition) is 1. The van der Waals surface area contributed by atoms with Crippen molar-refractivity contribution in [3.05, 3.63) is 65.7 Å². The molecule has 1 atom stereocenters. The smallest absolute Gasteiger partial charge is 0.120 e. The average Bonchev–Trinajstić information content (AvgIpc) is 2.52. The molecule has 2 aromatic carbocycles. The van der Waals surface area contributed by atoms with Crippen molar-refractivity contribution >= 4 is 0 Å². The van der Waals surface area contributed by atoms with E-state index in [-0.39, 0.29) is 0 Å². The molecule has 0 bridgehead atoms. The molecular formula is C18H23NO. The molecule has 0 fully saturated rings. The van der Waals surface area contributed by atoms with Gasteiger partial charge < -0.3 is 10.1 Å². The van der Waals surface area contributed by atoms with Crippen molar-refractivity contribution in [3.8, 4) is 5.75 Å². The summed E-state index contributed by atoms with van der Waals surface area (Å²) < 4.78 is 5.88. The fourth-order valence-corrected chi connectivity index (χ4v) is 2.31. The van der Waals surface area contributed by atoms with Gasteiger partial charge in [0.15, 0.2) is 0 Å². The molecule has 0 aromatic heterocycles. The third-order valence-electron chi connectivity index (χ3n) is 3.37. The quantitative estimate of drug-likeness (QED) is 0.808. The highest BCUT2D eigenvalue weighted by atomic mass is 16.5. The minimum Gasteiger partial charge on any atom is -0.489 e. The van der Waals surface area contributed by atoms with Crippen molar-refractivity contribution in [2.45, 2.75) is 32.9 Å². The standard InChI is InChI=1S/C18H23NO/c1-3-18(19-4-2)16-11-8-12-17(13-16)20-14-15-9-6-5-7-10-15/h5-13,18-19H,3-4,14H2,1-2H3. The maximum absolute atomic E-state index is 5.88. The van der Waals surface area contributed by atoms with Gasteiger partial charge in [-0.3, -0.25) is 0 Å². The van der Waals surface area contributed by atoms with Crippen LogP contribution in [0.1, 0.15) is 37.4 Å². The van der Waals surface area contributed by atoms with Crippen LogP contribution in [0.25, 0.3) is 0 Å². The molecule has 0 saturated carbocycles. The monoisotopic (exact) mass is 269 g/mol. The van der Waals surface area contributed by atoms with Gasteiger partial charge in [-0.25, -0.2) is 0 Å². The highest BCUT2D eigenvalue weighted by Gasteiger charge is 2.08. The third kappa shape index (κ3) is 4.10. The van der Waals surface area contributed by atoms with Crippen molar-refractivity contribution < 1.29 is 4.74 Å². The summed E-state index contributed by atoms with van der Waals surface area (Å²) in [5.41, 5.74) is 2.48. The minimum atomic E-state index is 0.403. The van der Waals surface area contributed by atoms with E-state index in [4.69, 9.17) is 4.74 Å². The molecule has 2 aromatic rings. The van der Waals surface area contributed by atoms with Crippen LogP contribution in [0, 0.1) is 0 Å². The molecular weight excluding hydrogens is 246 g/mol. The lowest BCUT2D eigenvalue weighted by Crippen LogP contribution is -2.19. The number of nitrogens with one attached hydrogen (secondary N) is 1. The van der Waals surface area contributed by atoms with Crippen LogP contribution >= 0.6 is 0 Å². The molecule has 106 valence electrons. The molecule has 0 aliphatic heterocycles. The van der Waals surface area contributed by atoms with Gasteiger partial charge in [0, 0.05) is 6.04 Å². The van der Waals surface area contributed by atoms with Gasteiger partial charge in [0.05, 0.1) is 0 Å². The summed E-state index contributed by atoms with van der Waals surface area (Å²) >= 11 is 0. The fraction of sp³-hybridized carbons (Fsp3) is 0.333. The maximum atomic E-state index is 5.88. The summed E-state index contributed by atoms with van der Waals surface area (Å²) in [7, 11) is 0. The molecule has 0 heterocycles. The molecule has 1 N–H and O–H groups in total. The second-order valence-electron chi connectivity index (χ2n) is 4.87. The first-order valence-corrected chi connectivity index (χ1v) is 7.33. The molecule has 1 unspecified atom stereocenters. The summed E-state index contributed by atoms with van der Waals surface area (Å²) in [5.74, 6) is 0.933. The number of ether oxygens (including phenoxy) is 1. The van der Waals surface area contributed by atoms with Crippen LogP contribution in [-0.2, 0) is 6.61 Å². The molecule has 0 radical (unpaired) electrons. The summed E-state index contributed by atoms with van der Waals surface area (Å²) in [6.07, 6.45) is 1.08. The largest absolute Gasteiger partial charge is 0.489 e. The van der Waals surface area contributed by atoms with Gasteiger partial charge in [0.2, 0.25) is 0 Å². The zero-order valence-corrected chi connectivity index (χ0v) is 12.3. The summed E-state index contributed by atoms with van der Waals surface area (Å²) in [6.45, 7) is 5.93. The lowest BCUT2D eigenvalue weighted by atomic mass is 10.0. The van der Waals surface area contributed by atoms with Crippen LogP contribution in [-0.4, -0.2) is 6.54 Å². The maximum Gasteiger partial charge on any atom is 0.120 e. The molecule has 0 saturated heterocycles. The SMILES string of the molecule is CCNC(CC)c1cccc(OCc2ccccc2)c1. The van der Waals surface area contributed by atoms with Crippen LogP contribution in [0.3, 0.4) is 0 Å². The van der Waals surface area contributed by atoms with Gasteiger partial charge in [0.25, 0.3) is 0 Å². The normalized spacial score (nSPS) is 12.1. The topological polar surface area (TPSA) is 21.3 Å². The summed E-state index contributed by atoms with van der Waals surface area (Å²) in [5, 5.41) is 3.49. The van der Waals surface area contributed by atoms with E-state index in [1.165, 1.54) is 11.1 Å². The Kier molecular flexibility index (Phi) is 5.63. The van der Waals surface area contributed by atoms with Crippen LogP contribution in [0.15, 0.2) is 54.6 Å². The van der Waals surface area contributed by atoms with E-state index in [0.717, 1.165) is 18.7 Å². The van der Waals surface area contributed by atoms with Gasteiger partial charge in [-0.05, 0) is 36.2 Å². The van der Waals surface area contributed by atoms with E-state index < -0.39 is 0 Å². The highest BCUT2D eigenvalue weighted by molar-refractivity contribution is 5.31. The Morgan fingerprint density at radius 3 is 2.50 bits per heavy atom. The Morgan fingerprint density at radius 1 is 1.00 bits per heavy atom. The van der Waals surface area contributed by atoms with E-state index in [9.17, 15) is 0 Å². The van der Waals surface area contributed by atoms with E-state index in [1.54, 1.807) is 0 Å². The molecule has 0 aliphatic carbocycles. The Labute approximate surface area is 121 Å². The lowest BCUT2D eigenvalue weighted by molar-refractivity contribution is 0.305. The Balaban J connectivity index is 2.02. The number of rotatable bonds is 7. The zero-order valence-electron chi connectivity index (χ0n) is 12.3. The predicted molar refractivity (Wildman–Crippen MR) is 83.9 cm³/mol. The van der Waals surface area contributed by atoms with Crippen molar-refractivity contribution in [2.24, 2.45) is 0 Å². The minimum absolute atomic E-state index is 0.403. The number of benzene rings is 2. The first-order valence-electron chi connectivity index (χ1n) is 7.33. The van der Waals surface area contributed by atoms with Crippen LogP contribution < -0.4 is 10.1 Å². The van der Waals surface area contributed by atoms with E-state index in [0.29, 0.717) is 12.6 Å². The summed E-state index contributed by atoms with van der Waals surface area (Å²) in [6, 6.07) is 19.0. The van der Waals surface area contributed by atoms with Gasteiger partial charge in [0.1, 0.15) is 12.4 Å². The number of hydrogen-bond acceptors (Lipinski definition) is 2. The zero-order chi connectivity index (χ0) is 14.2. The first kappa shape index (κ1) is 14.6. The van der Waals surface area contributed by atoms with E-state index >= 15 is 0 Å². The second-order valence-corrected chi connectivity index (χ2v) is 4.87. The highest BCUT2D eigenvalue weighted by Crippen LogP contribution is 2.22. The van der Waals surface area contributed by atoms with Crippen LogP contribution in [0.2, 0.25) is 0 Å². The Hall–Kier alpha value is -1.80. The molecule has 2 rings (SSSR count). The van der Waals surface area contributed by atoms with Crippen molar-refractivity contribution in [3.63, 3.8) is 0 Å². The average molecular weight is 269 g/mol. The fourth-order valence-electron chi connectivity index (χ4n) is 2.31. The molecule has 2 nitrogen and oxygen atoms in total. The van der Waals surface area contributed by atoms with Crippen LogP contribution in [0.5, 0.6) is 5.75 Å². The second kappa shape index (κ2) is 7.71. The van der Waals surface area contributed by atoms with E-state index in [1.807, 2.05) is 24.3 Å². The van der Waals surface area contributed by atoms with Gasteiger partial charge in [-0.15, -0.1) is 0 Å². The Morgan fingerprint density at radius 2 is 1.80 bits per heavy atom. The lowest BCUT2D eigenvalue weighted by Gasteiger charge is -2.17. The van der Waals surface area contributed by atoms with Gasteiger partial charge in [-0.1, -0.05) is 56.3 Å². The molecule has 0 aliphatic rings. The third-order valence-corrected chi connectivity index (χ3v) is 3.37. The summed E-state index contributed by atoms with van der Waals surface area (Å²) in [4.78, 5) is 0. The van der Waals surface area contributed by atoms with Crippen molar-refractivity contribution in [2.75, 3.05) is 6.54 Å². The molecule has 0 spiro atoms. The predicted octanol–water partition coefficient (Wildman–Crippen LogP) is 4.33. The molecule has 2 heteroatoms.